The molecule has 7 heteroatoms. The monoisotopic (exact) mass is 392 g/mol. The molecule has 1 aromatic heterocycles. The summed E-state index contributed by atoms with van der Waals surface area (Å²) in [5, 5.41) is 5.75. The average Bonchev–Trinajstić information content (AvgIpc) is 3.23. The summed E-state index contributed by atoms with van der Waals surface area (Å²) in [4.78, 5) is 29.6. The highest BCUT2D eigenvalue weighted by molar-refractivity contribution is 8.00. The number of rotatable bonds is 4. The number of aromatic nitrogens is 2. The number of benzene rings is 2. The average molecular weight is 392 g/mol. The normalized spacial score (nSPS) is 16.8. The molecule has 4 rings (SSSR count). The van der Waals surface area contributed by atoms with Crippen molar-refractivity contribution >= 4 is 29.3 Å². The molecular weight excluding hydrogens is 372 g/mol. The SMILES string of the molecule is C[C@@H]1Sc2ccc(C(=O)N[C@H](C)c3ccc(-n4ccnc4)cc3)cc2NC1=O. The molecule has 0 saturated heterocycles. The summed E-state index contributed by atoms with van der Waals surface area (Å²) in [7, 11) is 0. The summed E-state index contributed by atoms with van der Waals surface area (Å²) < 4.78 is 1.92. The lowest BCUT2D eigenvalue weighted by Gasteiger charge is -2.22. The lowest BCUT2D eigenvalue weighted by Crippen LogP contribution is -2.28. The first-order valence-corrected chi connectivity index (χ1v) is 9.90. The molecule has 0 spiro atoms. The van der Waals surface area contributed by atoms with Crippen molar-refractivity contribution in [2.45, 2.75) is 30.0 Å². The van der Waals surface area contributed by atoms with Gasteiger partial charge in [0.2, 0.25) is 5.91 Å². The molecule has 0 bridgehead atoms. The van der Waals surface area contributed by atoms with Crippen molar-refractivity contribution in [1.82, 2.24) is 14.9 Å². The van der Waals surface area contributed by atoms with E-state index in [0.717, 1.165) is 16.1 Å². The van der Waals surface area contributed by atoms with E-state index >= 15 is 0 Å². The fraction of sp³-hybridized carbons (Fsp3) is 0.190. The van der Waals surface area contributed by atoms with Crippen LogP contribution in [0.1, 0.15) is 35.8 Å². The number of hydrogen-bond acceptors (Lipinski definition) is 4. The van der Waals surface area contributed by atoms with Gasteiger partial charge in [-0.15, -0.1) is 11.8 Å². The Balaban J connectivity index is 1.46. The zero-order valence-corrected chi connectivity index (χ0v) is 16.4. The predicted molar refractivity (Wildman–Crippen MR) is 110 cm³/mol. The summed E-state index contributed by atoms with van der Waals surface area (Å²) in [6.45, 7) is 3.81. The third kappa shape index (κ3) is 3.66. The minimum atomic E-state index is -0.174. The Labute approximate surface area is 167 Å². The van der Waals surface area contributed by atoms with E-state index in [2.05, 4.69) is 15.6 Å². The second kappa shape index (κ2) is 7.52. The number of imidazole rings is 1. The van der Waals surface area contributed by atoms with Crippen LogP contribution in [0.15, 0.2) is 66.1 Å². The Kier molecular flexibility index (Phi) is 4.92. The van der Waals surface area contributed by atoms with Crippen LogP contribution in [-0.4, -0.2) is 26.6 Å². The van der Waals surface area contributed by atoms with E-state index in [1.165, 1.54) is 11.8 Å². The number of carbonyl (C=O) groups excluding carboxylic acids is 2. The van der Waals surface area contributed by atoms with Gasteiger partial charge in [0.1, 0.15) is 0 Å². The molecule has 2 amide bonds. The Morgan fingerprint density at radius 3 is 2.75 bits per heavy atom. The second-order valence-electron chi connectivity index (χ2n) is 6.72. The van der Waals surface area contributed by atoms with Gasteiger partial charge in [0.05, 0.1) is 23.3 Å². The number of nitrogens with one attached hydrogen (secondary N) is 2. The zero-order chi connectivity index (χ0) is 19.7. The Hall–Kier alpha value is -3.06. The molecule has 2 aromatic carbocycles. The number of amides is 2. The van der Waals surface area contributed by atoms with Gasteiger partial charge in [-0.3, -0.25) is 9.59 Å². The highest BCUT2D eigenvalue weighted by Gasteiger charge is 2.24. The minimum Gasteiger partial charge on any atom is -0.346 e. The molecule has 0 fully saturated rings. The maximum Gasteiger partial charge on any atom is 0.251 e. The van der Waals surface area contributed by atoms with E-state index in [0.29, 0.717) is 11.3 Å². The lowest BCUT2D eigenvalue weighted by molar-refractivity contribution is -0.115. The Morgan fingerprint density at radius 2 is 2.04 bits per heavy atom. The van der Waals surface area contributed by atoms with Gasteiger partial charge in [-0.2, -0.15) is 0 Å². The number of nitrogens with zero attached hydrogens (tertiary/aromatic N) is 2. The van der Waals surface area contributed by atoms with Crippen molar-refractivity contribution in [3.8, 4) is 5.69 Å². The molecule has 28 heavy (non-hydrogen) atoms. The van der Waals surface area contributed by atoms with Gasteiger partial charge >= 0.3 is 0 Å². The molecule has 0 aliphatic carbocycles. The highest BCUT2D eigenvalue weighted by Crippen LogP contribution is 2.36. The van der Waals surface area contributed by atoms with E-state index in [9.17, 15) is 9.59 Å². The number of fused-ring (bicyclic) bond motifs is 1. The predicted octanol–water partition coefficient (Wildman–Crippen LogP) is 3.80. The molecular formula is C21H20N4O2S. The number of anilines is 1. The first kappa shape index (κ1) is 18.3. The van der Waals surface area contributed by atoms with E-state index in [1.54, 1.807) is 24.7 Å². The van der Waals surface area contributed by atoms with Crippen LogP contribution in [0.3, 0.4) is 0 Å². The molecule has 6 nitrogen and oxygen atoms in total. The highest BCUT2D eigenvalue weighted by atomic mass is 32.2. The number of carbonyl (C=O) groups is 2. The Morgan fingerprint density at radius 1 is 1.25 bits per heavy atom. The third-order valence-electron chi connectivity index (χ3n) is 4.72. The van der Waals surface area contributed by atoms with Gasteiger partial charge in [0, 0.05) is 28.5 Å². The minimum absolute atomic E-state index is 0.0404. The maximum absolute atomic E-state index is 12.7. The van der Waals surface area contributed by atoms with Crippen LogP contribution in [0.25, 0.3) is 5.69 Å². The van der Waals surface area contributed by atoms with Crippen molar-refractivity contribution in [2.24, 2.45) is 0 Å². The fourth-order valence-corrected chi connectivity index (χ4v) is 3.99. The van der Waals surface area contributed by atoms with E-state index < -0.39 is 0 Å². The molecule has 142 valence electrons. The van der Waals surface area contributed by atoms with Crippen molar-refractivity contribution in [2.75, 3.05) is 5.32 Å². The summed E-state index contributed by atoms with van der Waals surface area (Å²) in [6.07, 6.45) is 5.36. The first-order chi connectivity index (χ1) is 13.5. The standard InChI is InChI=1S/C21H20N4O2S/c1-13(15-3-6-17(7-4-15)25-10-9-22-12-25)23-21(27)16-5-8-19-18(11-16)24-20(26)14(2)28-19/h3-14H,1-2H3,(H,23,27)(H,24,26)/t13-,14+/m1/s1. The number of thioether (sulfide) groups is 1. The van der Waals surface area contributed by atoms with E-state index in [-0.39, 0.29) is 23.1 Å². The number of hydrogen-bond donors (Lipinski definition) is 2. The van der Waals surface area contributed by atoms with E-state index in [4.69, 9.17) is 0 Å². The summed E-state index contributed by atoms with van der Waals surface area (Å²) in [6, 6.07) is 13.2. The maximum atomic E-state index is 12.7. The molecule has 2 N–H and O–H groups in total. The van der Waals surface area contributed by atoms with Gasteiger partial charge < -0.3 is 15.2 Å². The van der Waals surface area contributed by atoms with Crippen molar-refractivity contribution < 1.29 is 9.59 Å². The van der Waals surface area contributed by atoms with Gasteiger partial charge in [-0.1, -0.05) is 12.1 Å². The first-order valence-electron chi connectivity index (χ1n) is 9.02. The van der Waals surface area contributed by atoms with Crippen LogP contribution in [0.5, 0.6) is 0 Å². The van der Waals surface area contributed by atoms with Crippen LogP contribution < -0.4 is 10.6 Å². The van der Waals surface area contributed by atoms with Crippen LogP contribution in [0, 0.1) is 0 Å². The molecule has 0 unspecified atom stereocenters. The molecule has 1 aliphatic heterocycles. The quantitative estimate of drug-likeness (QED) is 0.708. The Bertz CT molecular complexity index is 1020. The molecule has 2 atom stereocenters. The van der Waals surface area contributed by atoms with Crippen LogP contribution >= 0.6 is 11.8 Å². The summed E-state index contributed by atoms with van der Waals surface area (Å²) in [5.41, 5.74) is 3.24. The second-order valence-corrected chi connectivity index (χ2v) is 8.10. The van der Waals surface area contributed by atoms with Gasteiger partial charge in [0.15, 0.2) is 0 Å². The molecule has 2 heterocycles. The molecule has 0 saturated carbocycles. The molecule has 3 aromatic rings. The molecule has 1 aliphatic rings. The lowest BCUT2D eigenvalue weighted by atomic mass is 10.1. The topological polar surface area (TPSA) is 76.0 Å². The van der Waals surface area contributed by atoms with Crippen molar-refractivity contribution in [1.29, 1.82) is 0 Å². The van der Waals surface area contributed by atoms with E-state index in [1.807, 2.05) is 54.9 Å². The summed E-state index contributed by atoms with van der Waals surface area (Å²) >= 11 is 1.50. The van der Waals surface area contributed by atoms with Crippen molar-refractivity contribution in [3.05, 3.63) is 72.3 Å². The zero-order valence-electron chi connectivity index (χ0n) is 15.5. The van der Waals surface area contributed by atoms with Crippen LogP contribution in [-0.2, 0) is 4.79 Å². The van der Waals surface area contributed by atoms with Crippen molar-refractivity contribution in [3.63, 3.8) is 0 Å². The third-order valence-corrected chi connectivity index (χ3v) is 5.89. The summed E-state index contributed by atoms with van der Waals surface area (Å²) in [5.74, 6) is -0.215. The largest absolute Gasteiger partial charge is 0.346 e. The van der Waals surface area contributed by atoms with Gasteiger partial charge in [0.25, 0.3) is 5.91 Å². The van der Waals surface area contributed by atoms with Gasteiger partial charge in [-0.25, -0.2) is 4.98 Å². The fourth-order valence-electron chi connectivity index (χ4n) is 3.06. The molecule has 0 radical (unpaired) electrons. The van der Waals surface area contributed by atoms with Crippen LogP contribution in [0.4, 0.5) is 5.69 Å². The van der Waals surface area contributed by atoms with Crippen LogP contribution in [0.2, 0.25) is 0 Å². The van der Waals surface area contributed by atoms with Gasteiger partial charge in [-0.05, 0) is 49.7 Å². The smallest absolute Gasteiger partial charge is 0.251 e.